The molecule has 1 unspecified atom stereocenters. The molecule has 4 rings (SSSR count). The molecule has 2 amide bonds. The molecule has 0 bridgehead atoms. The SMILES string of the molecule is Cl.O=C(Nc1cccc(NC(=O)C2CC2)c1)c1ccn(C2CCCNC2)n1. The lowest BCUT2D eigenvalue weighted by Crippen LogP contribution is -2.32. The summed E-state index contributed by atoms with van der Waals surface area (Å²) in [5, 5.41) is 13.5. The van der Waals surface area contributed by atoms with Crippen LogP contribution >= 0.6 is 12.4 Å². The Balaban J connectivity index is 0.00000210. The van der Waals surface area contributed by atoms with E-state index < -0.39 is 0 Å². The number of halogens is 1. The van der Waals surface area contributed by atoms with Crippen molar-refractivity contribution < 1.29 is 9.59 Å². The van der Waals surface area contributed by atoms with Gasteiger partial charge in [-0.15, -0.1) is 12.4 Å². The Kier molecular flexibility index (Phi) is 6.13. The Morgan fingerprint density at radius 1 is 1.11 bits per heavy atom. The van der Waals surface area contributed by atoms with Crippen molar-refractivity contribution in [2.45, 2.75) is 31.7 Å². The van der Waals surface area contributed by atoms with Crippen LogP contribution in [-0.4, -0.2) is 34.7 Å². The van der Waals surface area contributed by atoms with Gasteiger partial charge in [0.25, 0.3) is 5.91 Å². The number of amides is 2. The van der Waals surface area contributed by atoms with Gasteiger partial charge in [-0.1, -0.05) is 6.07 Å². The normalized spacial score (nSPS) is 19.0. The maximum atomic E-state index is 12.5. The van der Waals surface area contributed by atoms with Crippen LogP contribution < -0.4 is 16.0 Å². The van der Waals surface area contributed by atoms with Crippen molar-refractivity contribution in [2.24, 2.45) is 5.92 Å². The van der Waals surface area contributed by atoms with Gasteiger partial charge in [-0.2, -0.15) is 5.10 Å². The number of nitrogens with zero attached hydrogens (tertiary/aromatic N) is 2. The predicted octanol–water partition coefficient (Wildman–Crippen LogP) is 2.83. The van der Waals surface area contributed by atoms with Crippen molar-refractivity contribution >= 4 is 35.6 Å². The second-order valence-electron chi connectivity index (χ2n) is 6.98. The second kappa shape index (κ2) is 8.54. The summed E-state index contributed by atoms with van der Waals surface area (Å²) in [5.74, 6) is -0.0574. The summed E-state index contributed by atoms with van der Waals surface area (Å²) in [6.45, 7) is 1.92. The summed E-state index contributed by atoms with van der Waals surface area (Å²) in [6.07, 6.45) is 5.96. The van der Waals surface area contributed by atoms with Crippen molar-refractivity contribution in [3.05, 3.63) is 42.2 Å². The average molecular weight is 390 g/mol. The van der Waals surface area contributed by atoms with E-state index in [1.165, 1.54) is 0 Å². The van der Waals surface area contributed by atoms with E-state index in [1.807, 2.05) is 23.0 Å². The summed E-state index contributed by atoms with van der Waals surface area (Å²) >= 11 is 0. The molecule has 0 radical (unpaired) electrons. The van der Waals surface area contributed by atoms with Crippen LogP contribution in [0, 0.1) is 5.92 Å². The number of hydrogen-bond acceptors (Lipinski definition) is 4. The molecule has 144 valence electrons. The monoisotopic (exact) mass is 389 g/mol. The van der Waals surface area contributed by atoms with E-state index in [1.54, 1.807) is 18.2 Å². The molecule has 1 aromatic carbocycles. The Morgan fingerprint density at radius 3 is 2.59 bits per heavy atom. The van der Waals surface area contributed by atoms with Gasteiger partial charge in [-0.05, 0) is 56.5 Å². The van der Waals surface area contributed by atoms with Crippen LogP contribution in [0.3, 0.4) is 0 Å². The number of carbonyl (C=O) groups is 2. The van der Waals surface area contributed by atoms with Crippen molar-refractivity contribution in [1.82, 2.24) is 15.1 Å². The van der Waals surface area contributed by atoms with Gasteiger partial charge >= 0.3 is 0 Å². The molecule has 27 heavy (non-hydrogen) atoms. The molecule has 1 saturated heterocycles. The minimum Gasteiger partial charge on any atom is -0.326 e. The van der Waals surface area contributed by atoms with E-state index in [2.05, 4.69) is 21.0 Å². The number of benzene rings is 1. The standard InChI is InChI=1S/C19H23N5O2.ClH/c25-18(13-6-7-13)21-14-3-1-4-15(11-14)22-19(26)17-8-10-24(23-17)16-5-2-9-20-12-16;/h1,3-4,8,10-11,13,16,20H,2,5-7,9,12H2,(H,21,25)(H,22,26);1H. The number of anilines is 2. The van der Waals surface area contributed by atoms with E-state index >= 15 is 0 Å². The second-order valence-corrected chi connectivity index (χ2v) is 6.98. The highest BCUT2D eigenvalue weighted by atomic mass is 35.5. The summed E-state index contributed by atoms with van der Waals surface area (Å²) in [4.78, 5) is 24.3. The fourth-order valence-corrected chi connectivity index (χ4v) is 3.18. The van der Waals surface area contributed by atoms with Gasteiger partial charge in [0.2, 0.25) is 5.91 Å². The molecular formula is C19H24ClN5O2. The molecule has 1 aliphatic carbocycles. The number of hydrogen-bond donors (Lipinski definition) is 3. The van der Waals surface area contributed by atoms with Crippen LogP contribution in [0.2, 0.25) is 0 Å². The molecular weight excluding hydrogens is 366 g/mol. The number of nitrogens with one attached hydrogen (secondary N) is 3. The Hall–Kier alpha value is -2.38. The molecule has 0 spiro atoms. The zero-order valence-electron chi connectivity index (χ0n) is 15.0. The highest BCUT2D eigenvalue weighted by Gasteiger charge is 2.29. The maximum absolute atomic E-state index is 12.5. The van der Waals surface area contributed by atoms with Gasteiger partial charge < -0.3 is 16.0 Å². The summed E-state index contributed by atoms with van der Waals surface area (Å²) in [7, 11) is 0. The number of aromatic nitrogens is 2. The molecule has 1 saturated carbocycles. The third-order valence-corrected chi connectivity index (χ3v) is 4.82. The van der Waals surface area contributed by atoms with Crippen LogP contribution in [0.4, 0.5) is 11.4 Å². The highest BCUT2D eigenvalue weighted by Crippen LogP contribution is 2.30. The number of rotatable bonds is 5. The molecule has 1 atom stereocenters. The lowest BCUT2D eigenvalue weighted by Gasteiger charge is -2.22. The van der Waals surface area contributed by atoms with Gasteiger partial charge in [0.15, 0.2) is 5.69 Å². The van der Waals surface area contributed by atoms with Gasteiger partial charge in [0.1, 0.15) is 0 Å². The quantitative estimate of drug-likeness (QED) is 0.733. The highest BCUT2D eigenvalue weighted by molar-refractivity contribution is 6.03. The summed E-state index contributed by atoms with van der Waals surface area (Å²) in [5.41, 5.74) is 1.72. The molecule has 8 heteroatoms. The third kappa shape index (κ3) is 4.87. The van der Waals surface area contributed by atoms with E-state index in [0.717, 1.165) is 38.8 Å². The van der Waals surface area contributed by atoms with Gasteiger partial charge in [0.05, 0.1) is 6.04 Å². The Labute approximate surface area is 164 Å². The zero-order valence-corrected chi connectivity index (χ0v) is 15.8. The minimum absolute atomic E-state index is 0. The Morgan fingerprint density at radius 2 is 1.89 bits per heavy atom. The smallest absolute Gasteiger partial charge is 0.276 e. The topological polar surface area (TPSA) is 88.0 Å². The van der Waals surface area contributed by atoms with E-state index in [0.29, 0.717) is 23.1 Å². The lowest BCUT2D eigenvalue weighted by atomic mass is 10.1. The van der Waals surface area contributed by atoms with Crippen molar-refractivity contribution in [2.75, 3.05) is 23.7 Å². The van der Waals surface area contributed by atoms with Crippen molar-refractivity contribution in [3.63, 3.8) is 0 Å². The predicted molar refractivity (Wildman–Crippen MR) is 106 cm³/mol. The molecule has 2 fully saturated rings. The first-order chi connectivity index (χ1) is 12.7. The van der Waals surface area contributed by atoms with Crippen LogP contribution in [0.1, 0.15) is 42.2 Å². The van der Waals surface area contributed by atoms with E-state index in [9.17, 15) is 9.59 Å². The van der Waals surface area contributed by atoms with Crippen LogP contribution in [0.25, 0.3) is 0 Å². The molecule has 3 N–H and O–H groups in total. The maximum Gasteiger partial charge on any atom is 0.276 e. The molecule has 2 aliphatic rings. The fourth-order valence-electron chi connectivity index (χ4n) is 3.18. The van der Waals surface area contributed by atoms with Crippen molar-refractivity contribution in [3.8, 4) is 0 Å². The summed E-state index contributed by atoms with van der Waals surface area (Å²) in [6, 6.07) is 9.23. The average Bonchev–Trinajstić information content (AvgIpc) is 3.39. The van der Waals surface area contributed by atoms with Gasteiger partial charge in [-0.25, -0.2) is 0 Å². The Bertz CT molecular complexity index is 812. The number of carbonyl (C=O) groups excluding carboxylic acids is 2. The fraction of sp³-hybridized carbons (Fsp3) is 0.421. The largest absolute Gasteiger partial charge is 0.326 e. The van der Waals surface area contributed by atoms with E-state index in [4.69, 9.17) is 0 Å². The molecule has 1 aliphatic heterocycles. The first kappa shape index (κ1) is 19.4. The molecule has 2 aromatic rings. The zero-order chi connectivity index (χ0) is 17.9. The molecule has 1 aromatic heterocycles. The van der Waals surface area contributed by atoms with Gasteiger partial charge in [-0.3, -0.25) is 14.3 Å². The first-order valence-corrected chi connectivity index (χ1v) is 9.17. The lowest BCUT2D eigenvalue weighted by molar-refractivity contribution is -0.117. The van der Waals surface area contributed by atoms with Crippen LogP contribution in [0.15, 0.2) is 36.5 Å². The first-order valence-electron chi connectivity index (χ1n) is 9.17. The minimum atomic E-state index is -0.252. The third-order valence-electron chi connectivity index (χ3n) is 4.82. The van der Waals surface area contributed by atoms with Crippen molar-refractivity contribution in [1.29, 1.82) is 0 Å². The molecule has 2 heterocycles. The van der Waals surface area contributed by atoms with Crippen LogP contribution in [0.5, 0.6) is 0 Å². The van der Waals surface area contributed by atoms with Gasteiger partial charge in [0, 0.05) is 30.0 Å². The van der Waals surface area contributed by atoms with Crippen LogP contribution in [-0.2, 0) is 4.79 Å². The molecule has 7 nitrogen and oxygen atoms in total. The number of piperidine rings is 1. The summed E-state index contributed by atoms with van der Waals surface area (Å²) < 4.78 is 1.87. The van der Waals surface area contributed by atoms with E-state index in [-0.39, 0.29) is 30.1 Å².